The third-order valence-corrected chi connectivity index (χ3v) is 3.91. The molecule has 0 bridgehead atoms. The maximum absolute atomic E-state index is 12.9. The fraction of sp³-hybridized carbons (Fsp3) is 0.333. The van der Waals surface area contributed by atoms with Gasteiger partial charge in [0.25, 0.3) is 0 Å². The molecule has 1 amide bonds. The Balaban J connectivity index is 1.46. The van der Waals surface area contributed by atoms with E-state index < -0.39 is 0 Å². The Hall–Kier alpha value is -2.43. The van der Waals surface area contributed by atoms with Gasteiger partial charge >= 0.3 is 0 Å². The second-order valence-electron chi connectivity index (χ2n) is 5.72. The van der Waals surface area contributed by atoms with Crippen LogP contribution in [0.2, 0.25) is 0 Å². The van der Waals surface area contributed by atoms with Crippen LogP contribution in [-0.2, 0) is 11.2 Å². The van der Waals surface area contributed by atoms with E-state index in [1.54, 1.807) is 18.4 Å². The van der Waals surface area contributed by atoms with E-state index in [2.05, 4.69) is 22.5 Å². The molecule has 5 heteroatoms. The number of allylic oxidation sites excluding steroid dienone is 2. The number of hydrogen-bond acceptors (Lipinski definition) is 3. The first-order valence-electron chi connectivity index (χ1n) is 7.84. The average molecular weight is 314 g/mol. The van der Waals surface area contributed by atoms with Crippen LogP contribution in [0.25, 0.3) is 11.5 Å². The zero-order chi connectivity index (χ0) is 16.1. The Labute approximate surface area is 134 Å². The van der Waals surface area contributed by atoms with Crippen molar-refractivity contribution in [2.45, 2.75) is 25.7 Å². The highest BCUT2D eigenvalue weighted by molar-refractivity contribution is 5.76. The predicted octanol–water partition coefficient (Wildman–Crippen LogP) is 3.50. The molecule has 0 radical (unpaired) electrons. The minimum Gasteiger partial charge on any atom is -0.444 e. The molecule has 0 unspecified atom stereocenters. The van der Waals surface area contributed by atoms with E-state index in [1.165, 1.54) is 12.1 Å². The molecule has 2 aromatic rings. The number of carbonyl (C=O) groups excluding carboxylic acids is 1. The number of rotatable bonds is 6. The number of amides is 1. The van der Waals surface area contributed by atoms with E-state index in [0.717, 1.165) is 24.1 Å². The van der Waals surface area contributed by atoms with Gasteiger partial charge < -0.3 is 9.73 Å². The van der Waals surface area contributed by atoms with E-state index in [9.17, 15) is 9.18 Å². The summed E-state index contributed by atoms with van der Waals surface area (Å²) in [7, 11) is 0. The van der Waals surface area contributed by atoms with Crippen molar-refractivity contribution in [2.75, 3.05) is 6.54 Å². The molecular weight excluding hydrogens is 295 g/mol. The second kappa shape index (κ2) is 7.22. The molecule has 1 aromatic carbocycles. The van der Waals surface area contributed by atoms with E-state index in [1.807, 2.05) is 0 Å². The molecule has 3 rings (SSSR count). The fourth-order valence-electron chi connectivity index (χ4n) is 2.65. The van der Waals surface area contributed by atoms with Gasteiger partial charge in [0.05, 0.1) is 5.69 Å². The third kappa shape index (κ3) is 4.28. The standard InChI is InChI=1S/C18H19FN2O2/c19-15-7-5-14(6-8-15)18-21-16(12-23-18)9-10-20-17(22)11-13-3-1-2-4-13/h1,3,5-8,12-13H,2,4,9-11H2,(H,20,22)/t13-/m1/s1. The summed E-state index contributed by atoms with van der Waals surface area (Å²) in [6.45, 7) is 0.532. The monoisotopic (exact) mass is 314 g/mol. The van der Waals surface area contributed by atoms with Gasteiger partial charge in [-0.2, -0.15) is 0 Å². The van der Waals surface area contributed by atoms with Crippen LogP contribution in [0.5, 0.6) is 0 Å². The summed E-state index contributed by atoms with van der Waals surface area (Å²) in [5.74, 6) is 0.624. The normalized spacial score (nSPS) is 16.7. The van der Waals surface area contributed by atoms with Gasteiger partial charge in [0, 0.05) is 24.9 Å². The SMILES string of the molecule is O=C(C[C@@H]1C=CCC1)NCCc1coc(-c2ccc(F)cc2)n1. The van der Waals surface area contributed by atoms with Gasteiger partial charge in [-0.15, -0.1) is 0 Å². The van der Waals surface area contributed by atoms with Gasteiger partial charge in [-0.3, -0.25) is 4.79 Å². The van der Waals surface area contributed by atoms with E-state index in [0.29, 0.717) is 31.2 Å². The molecule has 1 aliphatic rings. The second-order valence-corrected chi connectivity index (χ2v) is 5.72. The molecule has 0 fully saturated rings. The summed E-state index contributed by atoms with van der Waals surface area (Å²) >= 11 is 0. The molecule has 4 nitrogen and oxygen atoms in total. The van der Waals surface area contributed by atoms with Crippen LogP contribution in [0.4, 0.5) is 4.39 Å². The summed E-state index contributed by atoms with van der Waals surface area (Å²) in [6.07, 6.45) is 9.12. The largest absolute Gasteiger partial charge is 0.444 e. The van der Waals surface area contributed by atoms with Crippen molar-refractivity contribution in [3.63, 3.8) is 0 Å². The quantitative estimate of drug-likeness (QED) is 0.830. The van der Waals surface area contributed by atoms with Crippen molar-refractivity contribution in [3.8, 4) is 11.5 Å². The highest BCUT2D eigenvalue weighted by Crippen LogP contribution is 2.20. The Morgan fingerprint density at radius 3 is 2.91 bits per heavy atom. The van der Waals surface area contributed by atoms with Crippen LogP contribution >= 0.6 is 0 Å². The lowest BCUT2D eigenvalue weighted by Gasteiger charge is -2.07. The van der Waals surface area contributed by atoms with E-state index in [-0.39, 0.29) is 11.7 Å². The summed E-state index contributed by atoms with van der Waals surface area (Å²) in [5.41, 5.74) is 1.50. The molecule has 0 saturated carbocycles. The highest BCUT2D eigenvalue weighted by atomic mass is 19.1. The summed E-state index contributed by atoms with van der Waals surface area (Å²) in [6, 6.07) is 6.00. The Bertz CT molecular complexity index is 691. The molecular formula is C18H19FN2O2. The number of oxazole rings is 1. The van der Waals surface area contributed by atoms with Crippen LogP contribution in [0.3, 0.4) is 0 Å². The molecule has 1 aromatic heterocycles. The van der Waals surface area contributed by atoms with Crippen LogP contribution in [0.1, 0.15) is 25.0 Å². The number of hydrogen-bond donors (Lipinski definition) is 1. The maximum Gasteiger partial charge on any atom is 0.226 e. The van der Waals surface area contributed by atoms with Crippen molar-refractivity contribution in [3.05, 3.63) is 54.2 Å². The molecule has 1 heterocycles. The lowest BCUT2D eigenvalue weighted by Crippen LogP contribution is -2.27. The van der Waals surface area contributed by atoms with Crippen molar-refractivity contribution < 1.29 is 13.6 Å². The van der Waals surface area contributed by atoms with Gasteiger partial charge in [0.2, 0.25) is 11.8 Å². The number of aromatic nitrogens is 1. The van der Waals surface area contributed by atoms with Crippen molar-refractivity contribution in [1.82, 2.24) is 10.3 Å². The molecule has 0 spiro atoms. The number of halogens is 1. The topological polar surface area (TPSA) is 55.1 Å². The first-order valence-corrected chi connectivity index (χ1v) is 7.84. The van der Waals surface area contributed by atoms with Crippen molar-refractivity contribution in [1.29, 1.82) is 0 Å². The van der Waals surface area contributed by atoms with Crippen molar-refractivity contribution in [2.24, 2.45) is 5.92 Å². The van der Waals surface area contributed by atoms with Crippen LogP contribution in [0.15, 0.2) is 47.1 Å². The molecule has 1 atom stereocenters. The average Bonchev–Trinajstić information content (AvgIpc) is 3.20. The third-order valence-electron chi connectivity index (χ3n) is 3.91. The van der Waals surface area contributed by atoms with Gasteiger partial charge in [0.1, 0.15) is 12.1 Å². The minimum absolute atomic E-state index is 0.0730. The zero-order valence-electron chi connectivity index (χ0n) is 12.8. The van der Waals surface area contributed by atoms with Gasteiger partial charge in [-0.05, 0) is 43.0 Å². The Kier molecular flexibility index (Phi) is 4.86. The lowest BCUT2D eigenvalue weighted by atomic mass is 10.1. The highest BCUT2D eigenvalue weighted by Gasteiger charge is 2.14. The summed E-state index contributed by atoms with van der Waals surface area (Å²) < 4.78 is 18.3. The van der Waals surface area contributed by atoms with Crippen LogP contribution < -0.4 is 5.32 Å². The predicted molar refractivity (Wildman–Crippen MR) is 85.1 cm³/mol. The lowest BCUT2D eigenvalue weighted by molar-refractivity contribution is -0.121. The summed E-state index contributed by atoms with van der Waals surface area (Å²) in [4.78, 5) is 16.2. The maximum atomic E-state index is 12.9. The molecule has 120 valence electrons. The first kappa shape index (κ1) is 15.5. The number of benzene rings is 1. The zero-order valence-corrected chi connectivity index (χ0v) is 12.8. The molecule has 0 aliphatic heterocycles. The van der Waals surface area contributed by atoms with Gasteiger partial charge in [-0.1, -0.05) is 12.2 Å². The molecule has 0 saturated heterocycles. The smallest absolute Gasteiger partial charge is 0.226 e. The molecule has 23 heavy (non-hydrogen) atoms. The Morgan fingerprint density at radius 1 is 1.35 bits per heavy atom. The van der Waals surface area contributed by atoms with Gasteiger partial charge in [0.15, 0.2) is 0 Å². The minimum atomic E-state index is -0.291. The van der Waals surface area contributed by atoms with Crippen molar-refractivity contribution >= 4 is 5.91 Å². The van der Waals surface area contributed by atoms with Gasteiger partial charge in [-0.25, -0.2) is 9.37 Å². The molecule has 1 aliphatic carbocycles. The molecule has 1 N–H and O–H groups in total. The fourth-order valence-corrected chi connectivity index (χ4v) is 2.65. The van der Waals surface area contributed by atoms with E-state index in [4.69, 9.17) is 4.42 Å². The number of nitrogens with one attached hydrogen (secondary N) is 1. The summed E-state index contributed by atoms with van der Waals surface area (Å²) in [5, 5.41) is 2.91. The first-order chi connectivity index (χ1) is 11.2. The van der Waals surface area contributed by atoms with E-state index >= 15 is 0 Å². The Morgan fingerprint density at radius 2 is 2.17 bits per heavy atom. The number of carbonyl (C=O) groups is 1. The van der Waals surface area contributed by atoms with Crippen LogP contribution in [-0.4, -0.2) is 17.4 Å². The van der Waals surface area contributed by atoms with Crippen LogP contribution in [0, 0.1) is 11.7 Å². The number of nitrogens with zero attached hydrogens (tertiary/aromatic N) is 1.